The average Bonchev–Trinajstić information content (AvgIpc) is 3.16. The number of aromatic nitrogens is 3. The molecule has 29 heavy (non-hydrogen) atoms. The molecule has 160 valence electrons. The van der Waals surface area contributed by atoms with Crippen LogP contribution < -0.4 is 15.4 Å². The predicted molar refractivity (Wildman–Crippen MR) is 123 cm³/mol. The summed E-state index contributed by atoms with van der Waals surface area (Å²) in [5, 5.41) is 14.7. The molecule has 3 rings (SSSR count). The largest absolute Gasteiger partial charge is 0.497 e. The van der Waals surface area contributed by atoms with Gasteiger partial charge in [-0.15, -0.1) is 34.2 Å². The molecular formula is C19H30IN7O2. The molecule has 0 saturated carbocycles. The van der Waals surface area contributed by atoms with Crippen LogP contribution in [0.15, 0.2) is 35.6 Å². The van der Waals surface area contributed by atoms with Gasteiger partial charge in [0.15, 0.2) is 11.8 Å². The number of morpholine rings is 1. The number of hydrogen-bond acceptors (Lipinski definition) is 6. The van der Waals surface area contributed by atoms with Crippen molar-refractivity contribution in [2.24, 2.45) is 12.0 Å². The summed E-state index contributed by atoms with van der Waals surface area (Å²) in [6.45, 7) is 4.61. The Morgan fingerprint density at radius 2 is 1.97 bits per heavy atom. The van der Waals surface area contributed by atoms with Crippen molar-refractivity contribution in [1.82, 2.24) is 30.3 Å². The van der Waals surface area contributed by atoms with Crippen molar-refractivity contribution < 1.29 is 9.47 Å². The molecule has 1 aromatic heterocycles. The van der Waals surface area contributed by atoms with Crippen molar-refractivity contribution in [3.63, 3.8) is 0 Å². The van der Waals surface area contributed by atoms with E-state index in [9.17, 15) is 0 Å². The van der Waals surface area contributed by atoms with E-state index in [2.05, 4.69) is 42.9 Å². The Morgan fingerprint density at radius 3 is 2.55 bits per heavy atom. The van der Waals surface area contributed by atoms with Gasteiger partial charge in [0.25, 0.3) is 0 Å². The number of aliphatic imine (C=N–C) groups is 1. The fourth-order valence-electron chi connectivity index (χ4n) is 3.22. The fourth-order valence-corrected chi connectivity index (χ4v) is 3.22. The molecule has 0 amide bonds. The molecular weight excluding hydrogens is 485 g/mol. The Bertz CT molecular complexity index is 760. The van der Waals surface area contributed by atoms with E-state index in [1.165, 1.54) is 5.56 Å². The molecule has 9 nitrogen and oxygen atoms in total. The molecule has 1 aromatic carbocycles. The minimum atomic E-state index is 0. The fraction of sp³-hybridized carbons (Fsp3) is 0.526. The molecule has 0 bridgehead atoms. The Balaban J connectivity index is 0.00000300. The van der Waals surface area contributed by atoms with Crippen molar-refractivity contribution in [2.45, 2.75) is 12.6 Å². The Kier molecular flexibility index (Phi) is 9.61. The Hall–Kier alpha value is -1.92. The van der Waals surface area contributed by atoms with Gasteiger partial charge in [-0.1, -0.05) is 12.1 Å². The minimum absolute atomic E-state index is 0. The zero-order valence-electron chi connectivity index (χ0n) is 17.2. The number of aryl methyl sites for hydroxylation is 1. The highest BCUT2D eigenvalue weighted by atomic mass is 127. The number of nitrogens with one attached hydrogen (secondary N) is 2. The highest BCUT2D eigenvalue weighted by Gasteiger charge is 2.23. The molecule has 0 aliphatic carbocycles. The first-order valence-corrected chi connectivity index (χ1v) is 9.44. The lowest BCUT2D eigenvalue weighted by atomic mass is 10.0. The third kappa shape index (κ3) is 6.54. The first-order chi connectivity index (χ1) is 13.7. The number of ether oxygens (including phenoxy) is 2. The van der Waals surface area contributed by atoms with E-state index in [0.717, 1.165) is 50.4 Å². The maximum atomic E-state index is 5.53. The SMILES string of the molecule is CN=C(NCc1nncn1C)NCC(c1ccc(OC)cc1)N1CCOCC1.I. The van der Waals surface area contributed by atoms with Gasteiger partial charge >= 0.3 is 0 Å². The summed E-state index contributed by atoms with van der Waals surface area (Å²) in [5.74, 6) is 2.44. The second-order valence-electron chi connectivity index (χ2n) is 6.60. The third-order valence-corrected chi connectivity index (χ3v) is 4.89. The van der Waals surface area contributed by atoms with E-state index in [1.54, 1.807) is 20.5 Å². The van der Waals surface area contributed by atoms with Crippen molar-refractivity contribution in [3.8, 4) is 5.75 Å². The van der Waals surface area contributed by atoms with E-state index < -0.39 is 0 Å². The molecule has 0 radical (unpaired) electrons. The molecule has 2 aromatic rings. The van der Waals surface area contributed by atoms with E-state index in [4.69, 9.17) is 9.47 Å². The lowest BCUT2D eigenvalue weighted by Gasteiger charge is -2.35. The van der Waals surface area contributed by atoms with Crippen LogP contribution in [0.3, 0.4) is 0 Å². The number of methoxy groups -OCH3 is 1. The van der Waals surface area contributed by atoms with Crippen LogP contribution in [0.4, 0.5) is 0 Å². The molecule has 1 unspecified atom stereocenters. The molecule has 2 N–H and O–H groups in total. The first-order valence-electron chi connectivity index (χ1n) is 9.44. The number of guanidine groups is 1. The van der Waals surface area contributed by atoms with Gasteiger partial charge in [-0.05, 0) is 17.7 Å². The Labute approximate surface area is 188 Å². The standard InChI is InChI=1S/C19H29N7O2.HI/c1-20-19(22-13-18-24-23-14-25(18)2)21-12-17(26-8-10-28-11-9-26)15-4-6-16(27-3)7-5-15;/h4-7,14,17H,8-13H2,1-3H3,(H2,20,21,22);1H. The molecule has 1 fully saturated rings. The molecule has 1 aliphatic heterocycles. The van der Waals surface area contributed by atoms with Crippen LogP contribution in [-0.2, 0) is 18.3 Å². The summed E-state index contributed by atoms with van der Waals surface area (Å²) < 4.78 is 12.7. The van der Waals surface area contributed by atoms with Gasteiger partial charge in [-0.25, -0.2) is 0 Å². The molecule has 10 heteroatoms. The second kappa shape index (κ2) is 11.9. The number of hydrogen-bond donors (Lipinski definition) is 2. The van der Waals surface area contributed by atoms with Gasteiger partial charge in [-0.2, -0.15) is 0 Å². The van der Waals surface area contributed by atoms with Gasteiger partial charge in [0.05, 0.1) is 32.9 Å². The van der Waals surface area contributed by atoms with Crippen molar-refractivity contribution in [1.29, 1.82) is 0 Å². The second-order valence-corrected chi connectivity index (χ2v) is 6.60. The van der Waals surface area contributed by atoms with Crippen molar-refractivity contribution >= 4 is 29.9 Å². The topological polar surface area (TPSA) is 88.8 Å². The monoisotopic (exact) mass is 515 g/mol. The highest BCUT2D eigenvalue weighted by Crippen LogP contribution is 2.23. The summed E-state index contributed by atoms with van der Waals surface area (Å²) in [6, 6.07) is 8.46. The summed E-state index contributed by atoms with van der Waals surface area (Å²) in [7, 11) is 5.37. The van der Waals surface area contributed by atoms with Gasteiger partial charge in [-0.3, -0.25) is 9.89 Å². The number of rotatable bonds is 7. The summed E-state index contributed by atoms with van der Waals surface area (Å²) in [5.41, 5.74) is 1.24. The molecule has 0 spiro atoms. The lowest BCUT2D eigenvalue weighted by molar-refractivity contribution is 0.0170. The van der Waals surface area contributed by atoms with Crippen LogP contribution in [-0.4, -0.2) is 72.6 Å². The van der Waals surface area contributed by atoms with Gasteiger partial charge in [0.2, 0.25) is 0 Å². The quantitative estimate of drug-likeness (QED) is 0.325. The number of nitrogens with zero attached hydrogens (tertiary/aromatic N) is 5. The third-order valence-electron chi connectivity index (χ3n) is 4.89. The van der Waals surface area contributed by atoms with E-state index in [-0.39, 0.29) is 30.0 Å². The molecule has 2 heterocycles. The van der Waals surface area contributed by atoms with E-state index in [1.807, 2.05) is 23.7 Å². The lowest BCUT2D eigenvalue weighted by Crippen LogP contribution is -2.46. The summed E-state index contributed by atoms with van der Waals surface area (Å²) in [4.78, 5) is 6.77. The predicted octanol–water partition coefficient (Wildman–Crippen LogP) is 1.18. The van der Waals surface area contributed by atoms with Crippen LogP contribution in [0.25, 0.3) is 0 Å². The van der Waals surface area contributed by atoms with Crippen LogP contribution >= 0.6 is 24.0 Å². The smallest absolute Gasteiger partial charge is 0.191 e. The van der Waals surface area contributed by atoms with Crippen molar-refractivity contribution in [2.75, 3.05) is 47.0 Å². The van der Waals surface area contributed by atoms with Gasteiger partial charge in [0.1, 0.15) is 12.1 Å². The average molecular weight is 515 g/mol. The van der Waals surface area contributed by atoms with Gasteiger partial charge in [0, 0.05) is 33.7 Å². The van der Waals surface area contributed by atoms with Crippen LogP contribution in [0, 0.1) is 0 Å². The van der Waals surface area contributed by atoms with Crippen molar-refractivity contribution in [3.05, 3.63) is 42.0 Å². The number of halogens is 1. The summed E-state index contributed by atoms with van der Waals surface area (Å²) >= 11 is 0. The zero-order valence-corrected chi connectivity index (χ0v) is 19.5. The van der Waals surface area contributed by atoms with E-state index >= 15 is 0 Å². The highest BCUT2D eigenvalue weighted by molar-refractivity contribution is 14.0. The summed E-state index contributed by atoms with van der Waals surface area (Å²) in [6.07, 6.45) is 1.69. The van der Waals surface area contributed by atoms with E-state index in [0.29, 0.717) is 6.54 Å². The van der Waals surface area contributed by atoms with Crippen LogP contribution in [0.1, 0.15) is 17.4 Å². The molecule has 1 aliphatic rings. The normalized spacial score (nSPS) is 16.0. The molecule has 1 atom stereocenters. The minimum Gasteiger partial charge on any atom is -0.497 e. The maximum absolute atomic E-state index is 5.53. The van der Waals surface area contributed by atoms with Crippen LogP contribution in [0.5, 0.6) is 5.75 Å². The maximum Gasteiger partial charge on any atom is 0.191 e. The van der Waals surface area contributed by atoms with Gasteiger partial charge < -0.3 is 24.7 Å². The van der Waals surface area contributed by atoms with Crippen LogP contribution in [0.2, 0.25) is 0 Å². The number of benzene rings is 1. The zero-order chi connectivity index (χ0) is 19.8. The first kappa shape index (κ1) is 23.4. The Morgan fingerprint density at radius 1 is 1.24 bits per heavy atom. The molecule has 1 saturated heterocycles.